The first-order chi connectivity index (χ1) is 34.3. The minimum atomic E-state index is -2.66. The molecule has 4 saturated heterocycles. The van der Waals surface area contributed by atoms with Crippen LogP contribution in [0.3, 0.4) is 0 Å². The number of carbonyl (C=O) groups is 2. The van der Waals surface area contributed by atoms with Crippen molar-refractivity contribution in [2.45, 2.75) is 109 Å². The molecule has 2 amide bonds. The number of rotatable bonds is 8. The third kappa shape index (κ3) is 9.00. The first-order valence-corrected chi connectivity index (χ1v) is 25.9. The van der Waals surface area contributed by atoms with Gasteiger partial charge in [-0.25, -0.2) is 8.78 Å². The number of hydrogen-bond acceptors (Lipinski definition) is 11. The van der Waals surface area contributed by atoms with Gasteiger partial charge in [0, 0.05) is 131 Å². The normalized spacial score (nSPS) is 21.0. The van der Waals surface area contributed by atoms with Gasteiger partial charge in [0.1, 0.15) is 6.07 Å². The van der Waals surface area contributed by atoms with E-state index in [9.17, 15) is 23.6 Å². The Labute approximate surface area is 418 Å². The Kier molecular flexibility index (Phi) is 12.7. The highest BCUT2D eigenvalue weighted by Gasteiger charge is 2.45. The molecule has 5 aromatic rings. The highest BCUT2D eigenvalue weighted by molar-refractivity contribution is 6.32. The van der Waals surface area contributed by atoms with Crippen molar-refractivity contribution in [1.29, 1.82) is 5.26 Å². The van der Waals surface area contributed by atoms with Gasteiger partial charge in [-0.15, -0.1) is 10.2 Å². The maximum Gasteiger partial charge on any atom is 0.274 e. The quantitative estimate of drug-likeness (QED) is 0.148. The molecule has 15 nitrogen and oxygen atoms in total. The minimum Gasteiger partial charge on any atom is -0.368 e. The number of benzene rings is 2. The van der Waals surface area contributed by atoms with Crippen LogP contribution in [0.4, 0.5) is 31.8 Å². The fraction of sp³-hybridized carbons (Fsp3) is 0.528. The van der Waals surface area contributed by atoms with Gasteiger partial charge in [-0.3, -0.25) is 19.0 Å². The molecular weight excluding hydrogens is 924 g/mol. The van der Waals surface area contributed by atoms with Crippen molar-refractivity contribution in [3.8, 4) is 17.2 Å². The summed E-state index contributed by atoms with van der Waals surface area (Å²) in [5.41, 5.74) is 7.26. The molecule has 9 heterocycles. The van der Waals surface area contributed by atoms with Crippen molar-refractivity contribution >= 4 is 46.4 Å². The van der Waals surface area contributed by atoms with E-state index in [4.69, 9.17) is 16.7 Å². The molecule has 6 aliphatic heterocycles. The van der Waals surface area contributed by atoms with Gasteiger partial charge in [-0.05, 0) is 124 Å². The Hall–Kier alpha value is -6.12. The van der Waals surface area contributed by atoms with E-state index in [1.54, 1.807) is 37.1 Å². The molecule has 0 N–H and O–H groups in total. The Bertz CT molecular complexity index is 2850. The lowest BCUT2D eigenvalue weighted by atomic mass is 9.77. The topological polar surface area (TPSA) is 139 Å². The van der Waals surface area contributed by atoms with Crippen LogP contribution in [0.2, 0.25) is 5.02 Å². The van der Waals surface area contributed by atoms with Gasteiger partial charge in [-0.2, -0.15) is 15.5 Å². The summed E-state index contributed by atoms with van der Waals surface area (Å²) in [6, 6.07) is 16.2. The monoisotopic (exact) mass is 985 g/mol. The zero-order chi connectivity index (χ0) is 49.1. The number of anilines is 4. The number of alkyl halides is 2. The molecule has 1 spiro atoms. The molecule has 372 valence electrons. The smallest absolute Gasteiger partial charge is 0.274 e. The number of likely N-dealkylation sites (tertiary alicyclic amines) is 2. The molecule has 11 rings (SSSR count). The summed E-state index contributed by atoms with van der Waals surface area (Å²) < 4.78 is 33.4. The summed E-state index contributed by atoms with van der Waals surface area (Å²) in [5.74, 6) is 1.53. The molecule has 71 heavy (non-hydrogen) atoms. The summed E-state index contributed by atoms with van der Waals surface area (Å²) in [7, 11) is 1.79. The van der Waals surface area contributed by atoms with Gasteiger partial charge in [0.25, 0.3) is 12.3 Å². The van der Waals surface area contributed by atoms with Gasteiger partial charge in [-0.1, -0.05) is 11.6 Å². The molecule has 18 heteroatoms. The average Bonchev–Trinajstić information content (AvgIpc) is 4.10. The molecule has 0 radical (unpaired) electrons. The van der Waals surface area contributed by atoms with Crippen LogP contribution in [0, 0.1) is 16.7 Å². The standard InChI is InChI=1S/C53H62ClF2N13O2/c1-34-28-53(33-68(34)41-7-6-37(29-57)45(54)26-41)15-23-64(24-16-53)49-9-8-46(59-60-49)52(71)65-20-10-39(11-21-65)63-18-12-40(13-19-63)69-47-14-22-66(35(2)70)32-44(47)51(61-69)67-17-4-5-36-25-42(38-30-58-62(3)31-38)43(50(55)56)27-48(36)67/h6-9,25-27,30-31,34,39-40,50H,4-5,10-24,28,32-33H2,1-3H3/t34-/m0/s1. The second-order valence-corrected chi connectivity index (χ2v) is 21.3. The van der Waals surface area contributed by atoms with Crippen LogP contribution in [0.15, 0.2) is 54.9 Å². The lowest BCUT2D eigenvalue weighted by molar-refractivity contribution is -0.129. The third-order valence-electron chi connectivity index (χ3n) is 16.7. The Morgan fingerprint density at radius 1 is 0.901 bits per heavy atom. The molecule has 1 atom stereocenters. The minimum absolute atomic E-state index is 0.0174. The summed E-state index contributed by atoms with van der Waals surface area (Å²) in [6.45, 7) is 11.5. The average molecular weight is 987 g/mol. The van der Waals surface area contributed by atoms with Crippen LogP contribution in [0.1, 0.15) is 116 Å². The van der Waals surface area contributed by atoms with E-state index in [1.807, 2.05) is 46.2 Å². The van der Waals surface area contributed by atoms with E-state index in [0.717, 1.165) is 130 Å². The van der Waals surface area contributed by atoms with Crippen molar-refractivity contribution in [2.75, 3.05) is 73.6 Å². The lowest BCUT2D eigenvalue weighted by Gasteiger charge is -2.42. The van der Waals surface area contributed by atoms with Gasteiger partial charge in [0.15, 0.2) is 17.3 Å². The highest BCUT2D eigenvalue weighted by atomic mass is 35.5. The first kappa shape index (κ1) is 47.2. The van der Waals surface area contributed by atoms with Gasteiger partial charge in [0.05, 0.1) is 29.4 Å². The highest BCUT2D eigenvalue weighted by Crippen LogP contribution is 2.47. The van der Waals surface area contributed by atoms with Crippen LogP contribution in [0.25, 0.3) is 11.1 Å². The number of amides is 2. The van der Waals surface area contributed by atoms with E-state index in [0.29, 0.717) is 78.6 Å². The number of aromatic nitrogens is 6. The number of nitriles is 1. The fourth-order valence-electron chi connectivity index (χ4n) is 12.8. The molecule has 0 aliphatic carbocycles. The van der Waals surface area contributed by atoms with Crippen molar-refractivity contribution < 1.29 is 18.4 Å². The van der Waals surface area contributed by atoms with E-state index < -0.39 is 6.43 Å². The molecular formula is C53H62ClF2N13O2. The van der Waals surface area contributed by atoms with Gasteiger partial charge in [0.2, 0.25) is 5.91 Å². The molecule has 6 aliphatic rings. The number of nitrogens with zero attached hydrogens (tertiary/aromatic N) is 13. The van der Waals surface area contributed by atoms with Gasteiger partial charge < -0.3 is 29.4 Å². The number of piperidine rings is 3. The Balaban J connectivity index is 0.705. The largest absolute Gasteiger partial charge is 0.368 e. The van der Waals surface area contributed by atoms with Crippen molar-refractivity contribution in [3.63, 3.8) is 0 Å². The number of carbonyl (C=O) groups excluding carboxylic acids is 2. The maximum atomic E-state index is 14.8. The van der Waals surface area contributed by atoms with Gasteiger partial charge >= 0.3 is 0 Å². The van der Waals surface area contributed by atoms with Crippen LogP contribution in [-0.4, -0.2) is 127 Å². The number of hydrogen-bond donors (Lipinski definition) is 0. The van der Waals surface area contributed by atoms with Crippen molar-refractivity contribution in [2.24, 2.45) is 12.5 Å². The summed E-state index contributed by atoms with van der Waals surface area (Å²) in [5, 5.41) is 28.5. The lowest BCUT2D eigenvalue weighted by Crippen LogP contribution is -2.49. The number of halogens is 3. The second-order valence-electron chi connectivity index (χ2n) is 20.9. The summed E-state index contributed by atoms with van der Waals surface area (Å²) >= 11 is 6.40. The Morgan fingerprint density at radius 3 is 2.35 bits per heavy atom. The molecule has 3 aromatic heterocycles. The zero-order valence-electron chi connectivity index (χ0n) is 40.9. The zero-order valence-corrected chi connectivity index (χ0v) is 41.7. The van der Waals surface area contributed by atoms with Crippen molar-refractivity contribution in [1.82, 2.24) is 44.5 Å². The predicted molar refractivity (Wildman–Crippen MR) is 268 cm³/mol. The third-order valence-corrected chi connectivity index (χ3v) is 17.0. The van der Waals surface area contributed by atoms with E-state index in [1.165, 1.54) is 0 Å². The fourth-order valence-corrected chi connectivity index (χ4v) is 13.0. The summed E-state index contributed by atoms with van der Waals surface area (Å²) in [4.78, 5) is 39.7. The number of aryl methyl sites for hydroxylation is 2. The van der Waals surface area contributed by atoms with E-state index in [-0.39, 0.29) is 28.8 Å². The molecule has 4 fully saturated rings. The van der Waals surface area contributed by atoms with E-state index >= 15 is 0 Å². The van der Waals surface area contributed by atoms with Crippen LogP contribution < -0.4 is 14.7 Å². The number of fused-ring (bicyclic) bond motifs is 2. The molecule has 0 bridgehead atoms. The predicted octanol–water partition coefficient (Wildman–Crippen LogP) is 8.35. The van der Waals surface area contributed by atoms with Crippen molar-refractivity contribution in [3.05, 3.63) is 93.5 Å². The van der Waals surface area contributed by atoms with Crippen LogP contribution in [0.5, 0.6) is 0 Å². The molecule has 2 aromatic carbocycles. The summed E-state index contributed by atoms with van der Waals surface area (Å²) in [6.07, 6.45) is 9.91. The van der Waals surface area contributed by atoms with Crippen LogP contribution in [-0.2, 0) is 31.2 Å². The SMILES string of the molecule is CC(=O)N1CCc2c(c(N3CCCc4cc(-c5cnn(C)c5)c(C(F)F)cc43)nn2C2CCN(C3CCN(C(=O)c4ccc(N5CCC6(CC5)C[C@H](C)N(c5ccc(C#N)c(Cl)c5)C6)nn4)CC3)CC2)C1. The Morgan fingerprint density at radius 2 is 1.68 bits per heavy atom. The van der Waals surface area contributed by atoms with Crippen LogP contribution >= 0.6 is 11.6 Å². The maximum absolute atomic E-state index is 14.8. The second kappa shape index (κ2) is 19.1. The van der Waals surface area contributed by atoms with E-state index in [2.05, 4.69) is 52.6 Å². The molecule has 0 saturated carbocycles. The first-order valence-electron chi connectivity index (χ1n) is 25.5. The molecule has 0 unspecified atom stereocenters.